The van der Waals surface area contributed by atoms with Gasteiger partial charge in [-0.2, -0.15) is 13.2 Å². The van der Waals surface area contributed by atoms with Crippen LogP contribution in [-0.4, -0.2) is 53.7 Å². The summed E-state index contributed by atoms with van der Waals surface area (Å²) in [6.07, 6.45) is -1.67. The minimum absolute atomic E-state index is 0.0233. The summed E-state index contributed by atoms with van der Waals surface area (Å²) in [6, 6.07) is 5.38. The van der Waals surface area contributed by atoms with Crippen molar-refractivity contribution in [2.45, 2.75) is 31.5 Å². The monoisotopic (exact) mass is 483 g/mol. The molecule has 0 bridgehead atoms. The zero-order valence-electron chi connectivity index (χ0n) is 17.4. The molecule has 2 aromatic rings. The lowest BCUT2D eigenvalue weighted by atomic mass is 9.90. The molecule has 0 radical (unpaired) electrons. The Kier molecular flexibility index (Phi) is 6.33. The maximum Gasteiger partial charge on any atom is 0.406 e. The van der Waals surface area contributed by atoms with Gasteiger partial charge in [0.25, 0.3) is 5.56 Å². The summed E-state index contributed by atoms with van der Waals surface area (Å²) in [5.74, 6) is -1.22. The third kappa shape index (κ3) is 4.97. The van der Waals surface area contributed by atoms with Crippen molar-refractivity contribution >= 4 is 34.9 Å². The van der Waals surface area contributed by atoms with Crippen LogP contribution < -0.4 is 20.7 Å². The van der Waals surface area contributed by atoms with Crippen molar-refractivity contribution in [3.8, 4) is 0 Å². The van der Waals surface area contributed by atoms with E-state index in [0.717, 1.165) is 6.20 Å². The molecule has 1 aromatic heterocycles. The van der Waals surface area contributed by atoms with E-state index in [4.69, 9.17) is 11.6 Å². The molecule has 2 aliphatic rings. The van der Waals surface area contributed by atoms with E-state index in [9.17, 15) is 27.6 Å². The zero-order chi connectivity index (χ0) is 23.8. The van der Waals surface area contributed by atoms with Crippen LogP contribution in [0.15, 0.2) is 35.4 Å². The minimum Gasteiger partial charge on any atom is -0.367 e. The Bertz CT molecular complexity index is 1130. The van der Waals surface area contributed by atoms with Crippen LogP contribution in [-0.2, 0) is 16.1 Å². The third-order valence-corrected chi connectivity index (χ3v) is 6.20. The van der Waals surface area contributed by atoms with Gasteiger partial charge in [-0.25, -0.2) is 4.98 Å². The van der Waals surface area contributed by atoms with E-state index in [1.807, 2.05) is 11.0 Å². The molecule has 8 nitrogen and oxygen atoms in total. The van der Waals surface area contributed by atoms with Crippen molar-refractivity contribution < 1.29 is 22.8 Å². The summed E-state index contributed by atoms with van der Waals surface area (Å²) in [5.41, 5.74) is 0.566. The van der Waals surface area contributed by atoms with E-state index < -0.39 is 24.2 Å². The molecule has 2 aliphatic heterocycles. The van der Waals surface area contributed by atoms with Gasteiger partial charge in [-0.05, 0) is 18.1 Å². The highest BCUT2D eigenvalue weighted by molar-refractivity contribution is 6.34. The third-order valence-electron chi connectivity index (χ3n) is 5.79. The molecule has 0 aliphatic carbocycles. The van der Waals surface area contributed by atoms with Crippen molar-refractivity contribution in [2.24, 2.45) is 0 Å². The molecule has 1 unspecified atom stereocenters. The fraction of sp³-hybridized carbons (Fsp3) is 0.429. The number of piperazine rings is 1. The Labute approximate surface area is 191 Å². The molecule has 0 spiro atoms. The first kappa shape index (κ1) is 23.1. The number of nitrogens with one attached hydrogen (secondary N) is 1. The quantitative estimate of drug-likeness (QED) is 0.672. The van der Waals surface area contributed by atoms with Crippen molar-refractivity contribution in [1.29, 1.82) is 0 Å². The second-order valence-electron chi connectivity index (χ2n) is 7.96. The zero-order valence-corrected chi connectivity index (χ0v) is 18.2. The summed E-state index contributed by atoms with van der Waals surface area (Å²) in [6.45, 7) is 0.250. The first-order valence-corrected chi connectivity index (χ1v) is 10.8. The first-order valence-electron chi connectivity index (χ1n) is 10.4. The highest BCUT2D eigenvalue weighted by atomic mass is 35.5. The van der Waals surface area contributed by atoms with Gasteiger partial charge in [-0.3, -0.25) is 19.7 Å². The van der Waals surface area contributed by atoms with E-state index in [1.165, 1.54) is 6.20 Å². The van der Waals surface area contributed by atoms with Gasteiger partial charge in [-0.1, -0.05) is 23.7 Å². The lowest BCUT2D eigenvalue weighted by Crippen LogP contribution is -2.49. The van der Waals surface area contributed by atoms with Crippen LogP contribution in [0.2, 0.25) is 5.02 Å². The van der Waals surface area contributed by atoms with Crippen LogP contribution in [0.4, 0.5) is 24.7 Å². The number of alkyl halides is 3. The predicted molar refractivity (Wildman–Crippen MR) is 116 cm³/mol. The van der Waals surface area contributed by atoms with E-state index >= 15 is 0 Å². The van der Waals surface area contributed by atoms with Crippen LogP contribution in [0.3, 0.4) is 0 Å². The van der Waals surface area contributed by atoms with E-state index in [1.54, 1.807) is 17.0 Å². The second kappa shape index (κ2) is 9.05. The van der Waals surface area contributed by atoms with Crippen molar-refractivity contribution in [3.63, 3.8) is 0 Å². The lowest BCUT2D eigenvalue weighted by Gasteiger charge is -2.37. The van der Waals surface area contributed by atoms with Crippen LogP contribution in [0, 0.1) is 0 Å². The molecular weight excluding hydrogens is 463 g/mol. The Morgan fingerprint density at radius 3 is 2.45 bits per heavy atom. The number of amides is 2. The van der Waals surface area contributed by atoms with Crippen molar-refractivity contribution in [2.75, 3.05) is 36.0 Å². The topological polar surface area (TPSA) is 87.5 Å². The molecular formula is C21H21ClF3N5O3. The highest BCUT2D eigenvalue weighted by Gasteiger charge is 2.32. The Morgan fingerprint density at radius 2 is 1.79 bits per heavy atom. The number of carbonyl (C=O) groups excluding carboxylic acids is 2. The number of anilines is 2. The summed E-state index contributed by atoms with van der Waals surface area (Å²) in [4.78, 5) is 43.9. The smallest absolute Gasteiger partial charge is 0.367 e. The number of carbonyl (C=O) groups is 2. The molecule has 2 amide bonds. The van der Waals surface area contributed by atoms with E-state index in [-0.39, 0.29) is 24.1 Å². The molecule has 1 N–H and O–H groups in total. The van der Waals surface area contributed by atoms with Gasteiger partial charge in [-0.15, -0.1) is 0 Å². The molecule has 12 heteroatoms. The molecule has 4 rings (SSSR count). The average Bonchev–Trinajstić information content (AvgIpc) is 2.75. The molecule has 33 heavy (non-hydrogen) atoms. The maximum absolute atomic E-state index is 12.7. The fourth-order valence-corrected chi connectivity index (χ4v) is 4.55. The van der Waals surface area contributed by atoms with Crippen molar-refractivity contribution in [1.82, 2.24) is 14.9 Å². The molecule has 2 saturated heterocycles. The predicted octanol–water partition coefficient (Wildman–Crippen LogP) is 2.31. The number of aromatic nitrogens is 2. The lowest BCUT2D eigenvalue weighted by molar-refractivity contribution is -0.141. The molecule has 1 aromatic carbocycles. The molecule has 3 heterocycles. The van der Waals surface area contributed by atoms with Gasteiger partial charge < -0.3 is 14.4 Å². The van der Waals surface area contributed by atoms with Crippen LogP contribution in [0.25, 0.3) is 0 Å². The summed E-state index contributed by atoms with van der Waals surface area (Å²) in [7, 11) is 0. The van der Waals surface area contributed by atoms with E-state index in [0.29, 0.717) is 53.4 Å². The Hall–Kier alpha value is -3.08. The number of hydrogen-bond donors (Lipinski definition) is 1. The number of rotatable bonds is 4. The average molecular weight is 484 g/mol. The number of piperidine rings is 1. The van der Waals surface area contributed by atoms with Gasteiger partial charge in [0.15, 0.2) is 5.82 Å². The van der Waals surface area contributed by atoms with Crippen LogP contribution in [0.5, 0.6) is 0 Å². The van der Waals surface area contributed by atoms with Gasteiger partial charge in [0.05, 0.1) is 16.6 Å². The highest BCUT2D eigenvalue weighted by Crippen LogP contribution is 2.37. The van der Waals surface area contributed by atoms with Crippen LogP contribution >= 0.6 is 11.6 Å². The van der Waals surface area contributed by atoms with Gasteiger partial charge in [0.2, 0.25) is 11.8 Å². The maximum atomic E-state index is 12.7. The summed E-state index contributed by atoms with van der Waals surface area (Å²) in [5, 5.41) is 2.76. The van der Waals surface area contributed by atoms with Gasteiger partial charge in [0, 0.05) is 45.0 Å². The Morgan fingerprint density at radius 1 is 1.09 bits per heavy atom. The molecule has 176 valence electrons. The van der Waals surface area contributed by atoms with Crippen LogP contribution in [0.1, 0.15) is 24.3 Å². The molecule has 2 fully saturated rings. The van der Waals surface area contributed by atoms with Crippen molar-refractivity contribution in [3.05, 3.63) is 51.5 Å². The largest absolute Gasteiger partial charge is 0.406 e. The number of benzene rings is 1. The first-order chi connectivity index (χ1) is 15.6. The van der Waals surface area contributed by atoms with Gasteiger partial charge >= 0.3 is 6.18 Å². The van der Waals surface area contributed by atoms with E-state index in [2.05, 4.69) is 10.3 Å². The number of halogens is 4. The SMILES string of the molecule is O=C1CCC(c2cccc(N3CCN(c4nccn(CC(F)(F)F)c4=O)CC3)c2Cl)C(=O)N1. The number of imide groups is 1. The molecule has 1 atom stereocenters. The summed E-state index contributed by atoms with van der Waals surface area (Å²) < 4.78 is 38.8. The van der Waals surface area contributed by atoms with Gasteiger partial charge in [0.1, 0.15) is 6.54 Å². The number of hydrogen-bond acceptors (Lipinski definition) is 6. The second-order valence-corrected chi connectivity index (χ2v) is 8.34. The fourth-order valence-electron chi connectivity index (χ4n) is 4.17. The normalized spacial score (nSPS) is 19.6. The number of nitrogens with zero attached hydrogens (tertiary/aromatic N) is 4. The summed E-state index contributed by atoms with van der Waals surface area (Å²) >= 11 is 6.65. The Balaban J connectivity index is 1.49. The molecule has 0 saturated carbocycles. The standard InChI is InChI=1S/C21H21ClF3N5O3/c22-17-13(14-4-5-16(31)27-19(14)32)2-1-3-15(17)28-8-10-29(11-9-28)18-20(33)30(7-6-26-18)12-21(23,24)25/h1-3,6-7,14H,4-5,8-12H2,(H,27,31,32). The minimum atomic E-state index is -4.51.